The molecule has 3 aromatic rings. The number of nitrogens with zero attached hydrogens (tertiary/aromatic N) is 1. The number of rotatable bonds is 7. The van der Waals surface area contributed by atoms with E-state index in [1.54, 1.807) is 0 Å². The average molecular weight is 345 g/mol. The molecule has 0 aliphatic carbocycles. The molecule has 0 saturated carbocycles. The average Bonchev–Trinajstić information content (AvgIpc) is 2.72. The van der Waals surface area contributed by atoms with E-state index in [0.29, 0.717) is 25.3 Å². The summed E-state index contributed by atoms with van der Waals surface area (Å²) in [5, 5.41) is 0. The Bertz CT molecular complexity index is 814. The van der Waals surface area contributed by atoms with Gasteiger partial charge in [-0.2, -0.15) is 0 Å². The standard InChI is InChI=1S/C23H23NO2/c1-2-24(17-19-9-5-3-6-10-19)23(25)21-13-15-22(16-14-21)26-18-20-11-7-4-8-12-20/h3-16H,2,17-18H2,1H3. The Kier molecular flexibility index (Phi) is 6.05. The van der Waals surface area contributed by atoms with Crippen molar-refractivity contribution in [2.75, 3.05) is 6.54 Å². The maximum Gasteiger partial charge on any atom is 0.254 e. The van der Waals surface area contributed by atoms with E-state index in [9.17, 15) is 4.79 Å². The molecule has 0 bridgehead atoms. The highest BCUT2D eigenvalue weighted by atomic mass is 16.5. The molecule has 0 atom stereocenters. The topological polar surface area (TPSA) is 29.5 Å². The minimum Gasteiger partial charge on any atom is -0.489 e. The summed E-state index contributed by atoms with van der Waals surface area (Å²) in [6, 6.07) is 27.4. The lowest BCUT2D eigenvalue weighted by atomic mass is 10.1. The molecule has 132 valence electrons. The van der Waals surface area contributed by atoms with Gasteiger partial charge in [0, 0.05) is 18.7 Å². The lowest BCUT2D eigenvalue weighted by Crippen LogP contribution is -2.30. The highest BCUT2D eigenvalue weighted by Crippen LogP contribution is 2.16. The Morgan fingerprint density at radius 3 is 1.96 bits per heavy atom. The number of carbonyl (C=O) groups excluding carboxylic acids is 1. The Morgan fingerprint density at radius 2 is 1.38 bits per heavy atom. The van der Waals surface area contributed by atoms with Crippen molar-refractivity contribution in [2.45, 2.75) is 20.1 Å². The van der Waals surface area contributed by atoms with Gasteiger partial charge in [-0.05, 0) is 42.3 Å². The second kappa shape index (κ2) is 8.86. The summed E-state index contributed by atoms with van der Waals surface area (Å²) in [5.74, 6) is 0.794. The summed E-state index contributed by atoms with van der Waals surface area (Å²) in [5.41, 5.74) is 2.92. The molecule has 0 unspecified atom stereocenters. The zero-order valence-electron chi connectivity index (χ0n) is 15.0. The van der Waals surface area contributed by atoms with Gasteiger partial charge in [-0.15, -0.1) is 0 Å². The van der Waals surface area contributed by atoms with Crippen molar-refractivity contribution in [3.05, 3.63) is 102 Å². The third-order valence-corrected chi connectivity index (χ3v) is 4.23. The molecule has 26 heavy (non-hydrogen) atoms. The first-order chi connectivity index (χ1) is 12.8. The number of ether oxygens (including phenoxy) is 1. The Balaban J connectivity index is 1.62. The van der Waals surface area contributed by atoms with Gasteiger partial charge in [0.25, 0.3) is 5.91 Å². The third kappa shape index (κ3) is 4.73. The summed E-state index contributed by atoms with van der Waals surface area (Å²) in [6.45, 7) is 3.80. The van der Waals surface area contributed by atoms with E-state index >= 15 is 0 Å². The molecule has 0 aliphatic rings. The zero-order chi connectivity index (χ0) is 18.2. The molecule has 3 aromatic carbocycles. The maximum atomic E-state index is 12.8. The van der Waals surface area contributed by atoms with Crippen molar-refractivity contribution in [1.29, 1.82) is 0 Å². The second-order valence-corrected chi connectivity index (χ2v) is 6.10. The highest BCUT2D eigenvalue weighted by Gasteiger charge is 2.14. The number of hydrogen-bond acceptors (Lipinski definition) is 2. The molecule has 0 aliphatic heterocycles. The molecule has 3 nitrogen and oxygen atoms in total. The van der Waals surface area contributed by atoms with Crippen molar-refractivity contribution in [2.24, 2.45) is 0 Å². The van der Waals surface area contributed by atoms with E-state index in [1.807, 2.05) is 96.8 Å². The van der Waals surface area contributed by atoms with Crippen LogP contribution in [-0.2, 0) is 13.2 Å². The van der Waals surface area contributed by atoms with Gasteiger partial charge in [0.1, 0.15) is 12.4 Å². The first-order valence-corrected chi connectivity index (χ1v) is 8.86. The van der Waals surface area contributed by atoms with Crippen LogP contribution >= 0.6 is 0 Å². The third-order valence-electron chi connectivity index (χ3n) is 4.23. The van der Waals surface area contributed by atoms with Crippen LogP contribution < -0.4 is 4.74 Å². The maximum absolute atomic E-state index is 12.8. The van der Waals surface area contributed by atoms with E-state index in [0.717, 1.165) is 16.9 Å². The molecule has 0 spiro atoms. The van der Waals surface area contributed by atoms with Crippen molar-refractivity contribution in [3.8, 4) is 5.75 Å². The number of benzene rings is 3. The van der Waals surface area contributed by atoms with Crippen LogP contribution in [0.5, 0.6) is 5.75 Å². The minimum atomic E-state index is 0.0333. The van der Waals surface area contributed by atoms with E-state index in [-0.39, 0.29) is 5.91 Å². The van der Waals surface area contributed by atoms with Gasteiger partial charge < -0.3 is 9.64 Å². The highest BCUT2D eigenvalue weighted by molar-refractivity contribution is 5.94. The van der Waals surface area contributed by atoms with E-state index in [2.05, 4.69) is 0 Å². The van der Waals surface area contributed by atoms with Crippen molar-refractivity contribution in [1.82, 2.24) is 4.90 Å². The zero-order valence-corrected chi connectivity index (χ0v) is 15.0. The summed E-state index contributed by atoms with van der Waals surface area (Å²) >= 11 is 0. The molecule has 0 radical (unpaired) electrons. The SMILES string of the molecule is CCN(Cc1ccccc1)C(=O)c1ccc(OCc2ccccc2)cc1. The van der Waals surface area contributed by atoms with Crippen LogP contribution in [0.2, 0.25) is 0 Å². The van der Waals surface area contributed by atoms with Gasteiger partial charge >= 0.3 is 0 Å². The minimum absolute atomic E-state index is 0.0333. The largest absolute Gasteiger partial charge is 0.489 e. The van der Waals surface area contributed by atoms with Gasteiger partial charge in [0.05, 0.1) is 0 Å². The summed E-state index contributed by atoms with van der Waals surface area (Å²) in [7, 11) is 0. The number of amides is 1. The molecule has 1 amide bonds. The van der Waals surface area contributed by atoms with Crippen molar-refractivity contribution in [3.63, 3.8) is 0 Å². The van der Waals surface area contributed by atoms with Crippen LogP contribution in [0.1, 0.15) is 28.4 Å². The van der Waals surface area contributed by atoms with Gasteiger partial charge in [-0.25, -0.2) is 0 Å². The molecule has 3 rings (SSSR count). The fraction of sp³-hybridized carbons (Fsp3) is 0.174. The Morgan fingerprint density at radius 1 is 0.808 bits per heavy atom. The first kappa shape index (κ1) is 17.7. The molecule has 0 fully saturated rings. The van der Waals surface area contributed by atoms with Crippen LogP contribution in [-0.4, -0.2) is 17.4 Å². The Labute approximate surface area is 154 Å². The molecule has 0 aromatic heterocycles. The second-order valence-electron chi connectivity index (χ2n) is 6.10. The van der Waals surface area contributed by atoms with Gasteiger partial charge in [-0.1, -0.05) is 60.7 Å². The molecule has 0 N–H and O–H groups in total. The lowest BCUT2D eigenvalue weighted by Gasteiger charge is -2.21. The van der Waals surface area contributed by atoms with E-state index in [4.69, 9.17) is 4.74 Å². The monoisotopic (exact) mass is 345 g/mol. The normalized spacial score (nSPS) is 10.3. The van der Waals surface area contributed by atoms with Crippen LogP contribution in [0, 0.1) is 0 Å². The summed E-state index contributed by atoms with van der Waals surface area (Å²) in [4.78, 5) is 14.6. The smallest absolute Gasteiger partial charge is 0.254 e. The predicted octanol–water partition coefficient (Wildman–Crippen LogP) is 4.93. The lowest BCUT2D eigenvalue weighted by molar-refractivity contribution is 0.0752. The van der Waals surface area contributed by atoms with Gasteiger partial charge in [0.2, 0.25) is 0 Å². The van der Waals surface area contributed by atoms with Crippen molar-refractivity contribution >= 4 is 5.91 Å². The van der Waals surface area contributed by atoms with E-state index in [1.165, 1.54) is 0 Å². The van der Waals surface area contributed by atoms with E-state index < -0.39 is 0 Å². The van der Waals surface area contributed by atoms with Crippen LogP contribution in [0.25, 0.3) is 0 Å². The summed E-state index contributed by atoms with van der Waals surface area (Å²) in [6.07, 6.45) is 0. The van der Waals surface area contributed by atoms with Gasteiger partial charge in [-0.3, -0.25) is 4.79 Å². The Hall–Kier alpha value is -3.07. The van der Waals surface area contributed by atoms with Gasteiger partial charge in [0.15, 0.2) is 0 Å². The molecular formula is C23H23NO2. The quantitative estimate of drug-likeness (QED) is 0.608. The molecular weight excluding hydrogens is 322 g/mol. The van der Waals surface area contributed by atoms with Crippen LogP contribution in [0.15, 0.2) is 84.9 Å². The summed E-state index contributed by atoms with van der Waals surface area (Å²) < 4.78 is 5.78. The molecule has 0 saturated heterocycles. The fourth-order valence-electron chi connectivity index (χ4n) is 2.75. The number of hydrogen-bond donors (Lipinski definition) is 0. The molecule has 0 heterocycles. The number of carbonyl (C=O) groups is 1. The predicted molar refractivity (Wildman–Crippen MR) is 104 cm³/mol. The first-order valence-electron chi connectivity index (χ1n) is 8.86. The van der Waals surface area contributed by atoms with Crippen LogP contribution in [0.4, 0.5) is 0 Å². The fourth-order valence-corrected chi connectivity index (χ4v) is 2.75. The van der Waals surface area contributed by atoms with Crippen molar-refractivity contribution < 1.29 is 9.53 Å². The molecule has 3 heteroatoms. The van der Waals surface area contributed by atoms with Crippen LogP contribution in [0.3, 0.4) is 0 Å².